The molecule has 17 heavy (non-hydrogen) atoms. The maximum Gasteiger partial charge on any atom is 0.228 e. The van der Waals surface area contributed by atoms with Crippen LogP contribution in [-0.2, 0) is 0 Å². The molecule has 5 heteroatoms. The van der Waals surface area contributed by atoms with E-state index < -0.39 is 0 Å². The van der Waals surface area contributed by atoms with E-state index in [2.05, 4.69) is 20.2 Å². The van der Waals surface area contributed by atoms with Crippen molar-refractivity contribution in [2.75, 3.05) is 31.6 Å². The lowest BCUT2D eigenvalue weighted by atomic mass is 10.1. The van der Waals surface area contributed by atoms with Gasteiger partial charge in [-0.05, 0) is 26.3 Å². The molecule has 0 amide bonds. The molecule has 2 rings (SSSR count). The highest BCUT2D eigenvalue weighted by molar-refractivity contribution is 5.32. The molecule has 0 spiro atoms. The zero-order valence-electron chi connectivity index (χ0n) is 10.5. The van der Waals surface area contributed by atoms with Gasteiger partial charge in [-0.15, -0.1) is 0 Å². The van der Waals surface area contributed by atoms with Crippen LogP contribution in [0.4, 0.5) is 5.95 Å². The number of piperidine rings is 1. The quantitative estimate of drug-likeness (QED) is 0.847. The largest absolute Gasteiger partial charge is 0.478 e. The van der Waals surface area contributed by atoms with Gasteiger partial charge in [-0.1, -0.05) is 0 Å². The van der Waals surface area contributed by atoms with E-state index in [0.717, 1.165) is 19.0 Å². The monoisotopic (exact) mass is 236 g/mol. The lowest BCUT2D eigenvalue weighted by molar-refractivity contribution is 0.325. The van der Waals surface area contributed by atoms with Crippen LogP contribution in [0.3, 0.4) is 0 Å². The van der Waals surface area contributed by atoms with Crippen LogP contribution in [0.1, 0.15) is 19.8 Å². The third kappa shape index (κ3) is 3.06. The first-order valence-electron chi connectivity index (χ1n) is 6.20. The summed E-state index contributed by atoms with van der Waals surface area (Å²) in [4.78, 5) is 10.8. The summed E-state index contributed by atoms with van der Waals surface area (Å²) in [5.74, 6) is 1.39. The Bertz CT molecular complexity index is 352. The van der Waals surface area contributed by atoms with Gasteiger partial charge in [0.05, 0.1) is 6.61 Å². The minimum atomic E-state index is 0.473. The molecule has 1 unspecified atom stereocenters. The van der Waals surface area contributed by atoms with Gasteiger partial charge in [0.1, 0.15) is 0 Å². The van der Waals surface area contributed by atoms with E-state index in [9.17, 15) is 0 Å². The number of nitrogens with one attached hydrogen (secondary N) is 1. The minimum Gasteiger partial charge on any atom is -0.478 e. The zero-order valence-corrected chi connectivity index (χ0v) is 10.5. The molecule has 1 fully saturated rings. The second-order valence-electron chi connectivity index (χ2n) is 4.24. The summed E-state index contributed by atoms with van der Waals surface area (Å²) in [5.41, 5.74) is 0. The van der Waals surface area contributed by atoms with Crippen molar-refractivity contribution in [3.63, 3.8) is 0 Å². The molecule has 0 bridgehead atoms. The van der Waals surface area contributed by atoms with Gasteiger partial charge in [-0.25, -0.2) is 4.98 Å². The number of ether oxygens (including phenoxy) is 1. The number of hydrogen-bond donors (Lipinski definition) is 1. The van der Waals surface area contributed by atoms with Crippen LogP contribution < -0.4 is 15.0 Å². The first kappa shape index (κ1) is 12.1. The Hall–Kier alpha value is -1.36. The smallest absolute Gasteiger partial charge is 0.228 e. The topological polar surface area (TPSA) is 50.3 Å². The van der Waals surface area contributed by atoms with Crippen LogP contribution in [0.15, 0.2) is 12.3 Å². The van der Waals surface area contributed by atoms with Gasteiger partial charge in [0.2, 0.25) is 11.8 Å². The highest BCUT2D eigenvalue weighted by Crippen LogP contribution is 2.16. The van der Waals surface area contributed by atoms with Crippen LogP contribution in [0.5, 0.6) is 5.88 Å². The van der Waals surface area contributed by atoms with Gasteiger partial charge in [0, 0.05) is 31.9 Å². The van der Waals surface area contributed by atoms with E-state index >= 15 is 0 Å². The second kappa shape index (κ2) is 5.82. The SMILES string of the molecule is CCOc1ccnc(N(C)C2CCCNC2)n1. The van der Waals surface area contributed by atoms with Gasteiger partial charge in [-0.3, -0.25) is 0 Å². The Morgan fingerprint density at radius 2 is 2.47 bits per heavy atom. The molecule has 2 heterocycles. The van der Waals surface area contributed by atoms with Crippen molar-refractivity contribution in [3.05, 3.63) is 12.3 Å². The standard InChI is InChI=1S/C12H20N4O/c1-3-17-11-6-8-14-12(15-11)16(2)10-5-4-7-13-9-10/h6,8,10,13H,3-5,7,9H2,1-2H3. The number of rotatable bonds is 4. The van der Waals surface area contributed by atoms with Crippen molar-refractivity contribution in [3.8, 4) is 5.88 Å². The van der Waals surface area contributed by atoms with Crippen molar-refractivity contribution in [1.29, 1.82) is 0 Å². The van der Waals surface area contributed by atoms with E-state index in [1.54, 1.807) is 12.3 Å². The molecule has 1 aromatic rings. The summed E-state index contributed by atoms with van der Waals surface area (Å²) in [5, 5.41) is 3.40. The number of nitrogens with zero attached hydrogens (tertiary/aromatic N) is 3. The molecule has 0 aliphatic carbocycles. The molecule has 5 nitrogen and oxygen atoms in total. The predicted octanol–water partition coefficient (Wildman–Crippen LogP) is 1.06. The highest BCUT2D eigenvalue weighted by atomic mass is 16.5. The number of hydrogen-bond acceptors (Lipinski definition) is 5. The van der Waals surface area contributed by atoms with E-state index in [0.29, 0.717) is 18.5 Å². The zero-order chi connectivity index (χ0) is 12.1. The Labute approximate surface area is 102 Å². The summed E-state index contributed by atoms with van der Waals surface area (Å²) in [6, 6.07) is 2.26. The Morgan fingerprint density at radius 3 is 3.18 bits per heavy atom. The molecule has 0 radical (unpaired) electrons. The van der Waals surface area contributed by atoms with E-state index in [-0.39, 0.29) is 0 Å². The van der Waals surface area contributed by atoms with Crippen molar-refractivity contribution < 1.29 is 4.74 Å². The second-order valence-corrected chi connectivity index (χ2v) is 4.24. The number of likely N-dealkylation sites (N-methyl/N-ethyl adjacent to an activating group) is 1. The molecule has 1 atom stereocenters. The average molecular weight is 236 g/mol. The first-order chi connectivity index (χ1) is 8.31. The summed E-state index contributed by atoms with van der Waals surface area (Å²) in [7, 11) is 2.04. The van der Waals surface area contributed by atoms with Crippen molar-refractivity contribution >= 4 is 5.95 Å². The van der Waals surface area contributed by atoms with Crippen LogP contribution in [0, 0.1) is 0 Å². The minimum absolute atomic E-state index is 0.473. The van der Waals surface area contributed by atoms with Gasteiger partial charge >= 0.3 is 0 Å². The number of anilines is 1. The van der Waals surface area contributed by atoms with Gasteiger partial charge in [-0.2, -0.15) is 4.98 Å². The average Bonchev–Trinajstić information content (AvgIpc) is 2.40. The Morgan fingerprint density at radius 1 is 1.59 bits per heavy atom. The molecular formula is C12H20N4O. The maximum absolute atomic E-state index is 5.39. The molecule has 94 valence electrons. The molecule has 1 saturated heterocycles. The van der Waals surface area contributed by atoms with E-state index in [1.807, 2.05) is 14.0 Å². The summed E-state index contributed by atoms with van der Waals surface area (Å²) in [6.45, 7) is 4.70. The molecule has 0 saturated carbocycles. The van der Waals surface area contributed by atoms with Crippen molar-refractivity contribution in [2.24, 2.45) is 0 Å². The highest BCUT2D eigenvalue weighted by Gasteiger charge is 2.19. The first-order valence-corrected chi connectivity index (χ1v) is 6.20. The fraction of sp³-hybridized carbons (Fsp3) is 0.667. The fourth-order valence-electron chi connectivity index (χ4n) is 2.06. The maximum atomic E-state index is 5.39. The Kier molecular flexibility index (Phi) is 4.14. The molecule has 1 N–H and O–H groups in total. The van der Waals surface area contributed by atoms with Crippen molar-refractivity contribution in [1.82, 2.24) is 15.3 Å². The fourth-order valence-corrected chi connectivity index (χ4v) is 2.06. The molecule has 1 aliphatic heterocycles. The molecule has 0 aromatic carbocycles. The summed E-state index contributed by atoms with van der Waals surface area (Å²) >= 11 is 0. The lowest BCUT2D eigenvalue weighted by Crippen LogP contribution is -2.44. The van der Waals surface area contributed by atoms with E-state index in [1.165, 1.54) is 12.8 Å². The third-order valence-corrected chi connectivity index (χ3v) is 3.04. The molecule has 1 aliphatic rings. The summed E-state index contributed by atoms with van der Waals surface area (Å²) in [6.07, 6.45) is 4.14. The van der Waals surface area contributed by atoms with Gasteiger partial charge in [0.25, 0.3) is 0 Å². The predicted molar refractivity (Wildman–Crippen MR) is 67.5 cm³/mol. The lowest BCUT2D eigenvalue weighted by Gasteiger charge is -2.31. The van der Waals surface area contributed by atoms with Crippen LogP contribution >= 0.6 is 0 Å². The van der Waals surface area contributed by atoms with Crippen LogP contribution in [-0.4, -0.2) is 42.8 Å². The van der Waals surface area contributed by atoms with Gasteiger partial charge < -0.3 is 15.0 Å². The van der Waals surface area contributed by atoms with Gasteiger partial charge in [0.15, 0.2) is 0 Å². The van der Waals surface area contributed by atoms with Crippen LogP contribution in [0.2, 0.25) is 0 Å². The molecular weight excluding hydrogens is 216 g/mol. The van der Waals surface area contributed by atoms with Crippen LogP contribution in [0.25, 0.3) is 0 Å². The molecule has 1 aromatic heterocycles. The van der Waals surface area contributed by atoms with E-state index in [4.69, 9.17) is 4.74 Å². The number of aromatic nitrogens is 2. The summed E-state index contributed by atoms with van der Waals surface area (Å²) < 4.78 is 5.39. The Balaban J connectivity index is 2.06. The third-order valence-electron chi connectivity index (χ3n) is 3.04. The van der Waals surface area contributed by atoms with Crippen molar-refractivity contribution in [2.45, 2.75) is 25.8 Å². The normalized spacial score (nSPS) is 20.0.